The van der Waals surface area contributed by atoms with Crippen molar-refractivity contribution in [3.05, 3.63) is 23.7 Å². The third kappa shape index (κ3) is 3.33. The number of ether oxygens (including phenoxy) is 1. The molecule has 1 heterocycles. The van der Waals surface area contributed by atoms with Crippen LogP contribution in [0.2, 0.25) is 0 Å². The van der Waals surface area contributed by atoms with Gasteiger partial charge in [-0.15, -0.1) is 0 Å². The number of methoxy groups -OCH3 is 1. The molecule has 1 unspecified atom stereocenters. The molecule has 0 saturated heterocycles. The van der Waals surface area contributed by atoms with Crippen LogP contribution in [-0.4, -0.2) is 30.2 Å². The Bertz CT molecular complexity index is 424. The summed E-state index contributed by atoms with van der Waals surface area (Å²) in [5.74, 6) is -1.12. The molecular weight excluding hydrogens is 238 g/mol. The van der Waals surface area contributed by atoms with Gasteiger partial charge in [-0.05, 0) is 12.0 Å². The number of carbonyl (C=O) groups excluding carboxylic acids is 1. The van der Waals surface area contributed by atoms with Crippen molar-refractivity contribution in [2.45, 2.75) is 26.4 Å². The zero-order valence-electron chi connectivity index (χ0n) is 10.6. The Kier molecular flexibility index (Phi) is 4.91. The number of hydrogen-bond donors (Lipinski definition) is 2. The molecule has 1 aromatic heterocycles. The van der Waals surface area contributed by atoms with Crippen LogP contribution in [0.5, 0.6) is 0 Å². The maximum atomic E-state index is 11.5. The van der Waals surface area contributed by atoms with Gasteiger partial charge in [0, 0.05) is 0 Å². The number of aromatic carboxylic acids is 1. The lowest BCUT2D eigenvalue weighted by atomic mass is 10.0. The summed E-state index contributed by atoms with van der Waals surface area (Å²) in [6.07, 6.45) is 1.31. The highest BCUT2D eigenvalue weighted by Crippen LogP contribution is 2.12. The van der Waals surface area contributed by atoms with Crippen LogP contribution in [0.4, 0.5) is 0 Å². The predicted molar refractivity (Wildman–Crippen MR) is 63.1 cm³/mol. The second-order valence-electron chi connectivity index (χ2n) is 4.19. The molecule has 1 aromatic rings. The van der Waals surface area contributed by atoms with Crippen LogP contribution < -0.4 is 5.32 Å². The van der Waals surface area contributed by atoms with Gasteiger partial charge in [0.1, 0.15) is 17.4 Å². The van der Waals surface area contributed by atoms with Crippen LogP contribution >= 0.6 is 0 Å². The highest BCUT2D eigenvalue weighted by molar-refractivity contribution is 5.88. The largest absolute Gasteiger partial charge is 0.478 e. The molecule has 0 aliphatic rings. The fourth-order valence-corrected chi connectivity index (χ4v) is 1.59. The van der Waals surface area contributed by atoms with Crippen LogP contribution in [0, 0.1) is 5.92 Å². The number of carboxylic acids is 1. The van der Waals surface area contributed by atoms with E-state index >= 15 is 0 Å². The topological polar surface area (TPSA) is 88.8 Å². The fraction of sp³-hybridized carbons (Fsp3) is 0.500. The minimum Gasteiger partial charge on any atom is -0.478 e. The molecule has 0 aliphatic carbocycles. The molecule has 0 saturated carbocycles. The van der Waals surface area contributed by atoms with E-state index in [1.165, 1.54) is 19.4 Å². The van der Waals surface area contributed by atoms with E-state index in [0.717, 1.165) is 0 Å². The third-order valence-corrected chi connectivity index (χ3v) is 2.58. The molecule has 0 amide bonds. The summed E-state index contributed by atoms with van der Waals surface area (Å²) in [6.45, 7) is 3.90. The van der Waals surface area contributed by atoms with E-state index in [-0.39, 0.29) is 29.8 Å². The lowest BCUT2D eigenvalue weighted by Crippen LogP contribution is -2.41. The summed E-state index contributed by atoms with van der Waals surface area (Å²) in [4.78, 5) is 22.4. The first-order valence-corrected chi connectivity index (χ1v) is 5.58. The smallest absolute Gasteiger partial charge is 0.339 e. The van der Waals surface area contributed by atoms with E-state index in [1.54, 1.807) is 0 Å². The highest BCUT2D eigenvalue weighted by Gasteiger charge is 2.23. The van der Waals surface area contributed by atoms with Crippen molar-refractivity contribution in [3.63, 3.8) is 0 Å². The molecule has 2 N–H and O–H groups in total. The maximum absolute atomic E-state index is 11.5. The van der Waals surface area contributed by atoms with E-state index in [1.807, 2.05) is 13.8 Å². The molecule has 18 heavy (non-hydrogen) atoms. The van der Waals surface area contributed by atoms with Crippen molar-refractivity contribution in [2.24, 2.45) is 5.92 Å². The molecular formula is C12H17NO5. The summed E-state index contributed by atoms with van der Waals surface area (Å²) in [5, 5.41) is 11.8. The molecule has 0 aromatic carbocycles. The number of nitrogens with one attached hydrogen (secondary N) is 1. The Hall–Kier alpha value is -1.82. The Balaban J connectivity index is 2.70. The minimum atomic E-state index is -1.06. The minimum absolute atomic E-state index is 0.0284. The second kappa shape index (κ2) is 6.20. The second-order valence-corrected chi connectivity index (χ2v) is 4.19. The van der Waals surface area contributed by atoms with E-state index < -0.39 is 12.0 Å². The summed E-state index contributed by atoms with van der Waals surface area (Å²) in [7, 11) is 1.31. The quantitative estimate of drug-likeness (QED) is 0.744. The highest BCUT2D eigenvalue weighted by atomic mass is 16.5. The molecule has 6 heteroatoms. The Labute approximate surface area is 105 Å². The first-order valence-electron chi connectivity index (χ1n) is 5.58. The molecule has 0 radical (unpaired) electrons. The van der Waals surface area contributed by atoms with Crippen molar-refractivity contribution in [1.29, 1.82) is 0 Å². The van der Waals surface area contributed by atoms with Crippen molar-refractivity contribution in [2.75, 3.05) is 7.11 Å². The Morgan fingerprint density at radius 3 is 2.67 bits per heavy atom. The Morgan fingerprint density at radius 2 is 2.17 bits per heavy atom. The molecule has 1 atom stereocenters. The standard InChI is InChI=1S/C12H17NO5/c1-7(2)10(12(16)17-3)13-6-9-8(11(14)15)4-5-18-9/h4-5,7,10,13H,6H2,1-3H3,(H,14,15). The van der Waals surface area contributed by atoms with Gasteiger partial charge in [-0.25, -0.2) is 4.79 Å². The number of furan rings is 1. The third-order valence-electron chi connectivity index (χ3n) is 2.58. The van der Waals surface area contributed by atoms with Gasteiger partial charge in [0.2, 0.25) is 0 Å². The molecule has 0 fully saturated rings. The SMILES string of the molecule is COC(=O)C(NCc1occc1C(=O)O)C(C)C. The maximum Gasteiger partial charge on any atom is 0.339 e. The van der Waals surface area contributed by atoms with Gasteiger partial charge in [0.15, 0.2) is 0 Å². The lowest BCUT2D eigenvalue weighted by molar-refractivity contribution is -0.144. The lowest BCUT2D eigenvalue weighted by Gasteiger charge is -2.19. The Morgan fingerprint density at radius 1 is 1.50 bits per heavy atom. The average molecular weight is 255 g/mol. The normalized spacial score (nSPS) is 12.4. The van der Waals surface area contributed by atoms with Gasteiger partial charge >= 0.3 is 11.9 Å². The zero-order valence-corrected chi connectivity index (χ0v) is 10.6. The van der Waals surface area contributed by atoms with Gasteiger partial charge in [-0.1, -0.05) is 13.8 Å². The fourth-order valence-electron chi connectivity index (χ4n) is 1.59. The number of rotatable bonds is 6. The van der Waals surface area contributed by atoms with Crippen molar-refractivity contribution >= 4 is 11.9 Å². The van der Waals surface area contributed by atoms with E-state index in [4.69, 9.17) is 9.52 Å². The number of hydrogen-bond acceptors (Lipinski definition) is 5. The van der Waals surface area contributed by atoms with Gasteiger partial charge in [0.25, 0.3) is 0 Å². The van der Waals surface area contributed by atoms with Crippen LogP contribution in [0.25, 0.3) is 0 Å². The van der Waals surface area contributed by atoms with Gasteiger partial charge in [-0.3, -0.25) is 10.1 Å². The van der Waals surface area contributed by atoms with E-state index in [2.05, 4.69) is 10.1 Å². The van der Waals surface area contributed by atoms with Gasteiger partial charge < -0.3 is 14.3 Å². The van der Waals surface area contributed by atoms with Crippen LogP contribution in [0.1, 0.15) is 30.0 Å². The number of esters is 1. The molecule has 0 bridgehead atoms. The van der Waals surface area contributed by atoms with Crippen LogP contribution in [-0.2, 0) is 16.1 Å². The van der Waals surface area contributed by atoms with Crippen LogP contribution in [0.3, 0.4) is 0 Å². The van der Waals surface area contributed by atoms with Crippen molar-refractivity contribution < 1.29 is 23.8 Å². The molecule has 100 valence electrons. The molecule has 1 rings (SSSR count). The molecule has 0 aliphatic heterocycles. The van der Waals surface area contributed by atoms with Crippen molar-refractivity contribution in [1.82, 2.24) is 5.32 Å². The summed E-state index contributed by atoms with van der Waals surface area (Å²) in [5.41, 5.74) is 0.0925. The first-order chi connectivity index (χ1) is 8.47. The monoisotopic (exact) mass is 255 g/mol. The summed E-state index contributed by atoms with van der Waals surface area (Å²) >= 11 is 0. The summed E-state index contributed by atoms with van der Waals surface area (Å²) < 4.78 is 9.75. The van der Waals surface area contributed by atoms with Gasteiger partial charge in [0.05, 0.1) is 19.9 Å². The van der Waals surface area contributed by atoms with Crippen molar-refractivity contribution in [3.8, 4) is 0 Å². The van der Waals surface area contributed by atoms with E-state index in [9.17, 15) is 9.59 Å². The average Bonchev–Trinajstić information content (AvgIpc) is 2.76. The van der Waals surface area contributed by atoms with Gasteiger partial charge in [-0.2, -0.15) is 0 Å². The number of carbonyl (C=O) groups is 2. The summed E-state index contributed by atoms with van der Waals surface area (Å²) in [6, 6.07) is 0.878. The molecule has 0 spiro atoms. The molecule has 6 nitrogen and oxygen atoms in total. The van der Waals surface area contributed by atoms with E-state index in [0.29, 0.717) is 0 Å². The van der Waals surface area contributed by atoms with Crippen LogP contribution in [0.15, 0.2) is 16.7 Å². The predicted octanol–water partition coefficient (Wildman–Crippen LogP) is 1.26. The zero-order chi connectivity index (χ0) is 13.7. The first kappa shape index (κ1) is 14.2. The number of carboxylic acid groups (broad SMARTS) is 1.